The smallest absolute Gasteiger partial charge is 0.262 e. The van der Waals surface area contributed by atoms with Crippen molar-refractivity contribution in [3.63, 3.8) is 0 Å². The Kier molecular flexibility index (Phi) is 4.03. The highest BCUT2D eigenvalue weighted by atomic mass is 79.9. The standard InChI is InChI=1S/C15H13BrN2O4S/c1-9-2-3-10(6-12(9)16)18-23(20,21)11-4-5-14-13(7-11)17-15(19)8-22-14/h2-7,18H,8H2,1H3,(H,17,19). The summed E-state index contributed by atoms with van der Waals surface area (Å²) < 4.78 is 33.5. The van der Waals surface area contributed by atoms with E-state index < -0.39 is 10.0 Å². The van der Waals surface area contributed by atoms with Crippen LogP contribution in [0.3, 0.4) is 0 Å². The number of carbonyl (C=O) groups excluding carboxylic acids is 1. The molecule has 0 saturated carbocycles. The topological polar surface area (TPSA) is 84.5 Å². The van der Waals surface area contributed by atoms with Crippen molar-refractivity contribution in [2.45, 2.75) is 11.8 Å². The summed E-state index contributed by atoms with van der Waals surface area (Å²) in [6.07, 6.45) is 0. The largest absolute Gasteiger partial charge is 0.482 e. The summed E-state index contributed by atoms with van der Waals surface area (Å²) in [5.41, 5.74) is 1.79. The maximum Gasteiger partial charge on any atom is 0.262 e. The Hall–Kier alpha value is -2.06. The molecule has 1 aliphatic rings. The van der Waals surface area contributed by atoms with E-state index in [1.807, 2.05) is 13.0 Å². The van der Waals surface area contributed by atoms with Crippen molar-refractivity contribution in [1.29, 1.82) is 0 Å². The number of halogens is 1. The van der Waals surface area contributed by atoms with Gasteiger partial charge >= 0.3 is 0 Å². The summed E-state index contributed by atoms with van der Waals surface area (Å²) in [7, 11) is -3.77. The molecule has 0 radical (unpaired) electrons. The molecule has 120 valence electrons. The van der Waals surface area contributed by atoms with Gasteiger partial charge in [0, 0.05) is 10.2 Å². The van der Waals surface area contributed by atoms with Gasteiger partial charge in [0.2, 0.25) is 0 Å². The Morgan fingerprint density at radius 1 is 1.22 bits per heavy atom. The van der Waals surface area contributed by atoms with Crippen molar-refractivity contribution < 1.29 is 17.9 Å². The van der Waals surface area contributed by atoms with Crippen LogP contribution in [0.15, 0.2) is 45.8 Å². The van der Waals surface area contributed by atoms with Crippen LogP contribution in [-0.2, 0) is 14.8 Å². The van der Waals surface area contributed by atoms with Crippen molar-refractivity contribution >= 4 is 43.2 Å². The molecule has 0 aliphatic carbocycles. The van der Waals surface area contributed by atoms with Crippen LogP contribution in [-0.4, -0.2) is 20.9 Å². The van der Waals surface area contributed by atoms with E-state index in [9.17, 15) is 13.2 Å². The molecular weight excluding hydrogens is 384 g/mol. The summed E-state index contributed by atoms with van der Waals surface area (Å²) in [5, 5.41) is 2.59. The zero-order chi connectivity index (χ0) is 16.6. The molecule has 2 aromatic carbocycles. The average Bonchev–Trinajstić information content (AvgIpc) is 2.50. The molecule has 0 bridgehead atoms. The van der Waals surface area contributed by atoms with Crippen molar-refractivity contribution in [3.8, 4) is 5.75 Å². The second-order valence-corrected chi connectivity index (χ2v) is 7.60. The first-order chi connectivity index (χ1) is 10.8. The van der Waals surface area contributed by atoms with Gasteiger partial charge in [0.25, 0.3) is 15.9 Å². The normalized spacial score (nSPS) is 13.7. The van der Waals surface area contributed by atoms with Crippen molar-refractivity contribution in [3.05, 3.63) is 46.4 Å². The van der Waals surface area contributed by atoms with Gasteiger partial charge in [-0.3, -0.25) is 9.52 Å². The molecule has 2 aromatic rings. The molecular formula is C15H13BrN2O4S. The average molecular weight is 397 g/mol. The number of aryl methyl sites for hydroxylation is 1. The van der Waals surface area contributed by atoms with E-state index in [0.29, 0.717) is 17.1 Å². The van der Waals surface area contributed by atoms with Crippen LogP contribution in [0, 0.1) is 6.92 Å². The van der Waals surface area contributed by atoms with Gasteiger partial charge in [0.05, 0.1) is 10.6 Å². The second kappa shape index (κ2) is 5.86. The van der Waals surface area contributed by atoms with E-state index in [1.54, 1.807) is 12.1 Å². The fourth-order valence-corrected chi connectivity index (χ4v) is 3.55. The number of hydrogen-bond acceptors (Lipinski definition) is 4. The zero-order valence-electron chi connectivity index (χ0n) is 12.1. The molecule has 1 heterocycles. The summed E-state index contributed by atoms with van der Waals surface area (Å²) in [6.45, 7) is 1.84. The van der Waals surface area contributed by atoms with Gasteiger partial charge in [-0.05, 0) is 42.8 Å². The predicted octanol–water partition coefficient (Wildman–Crippen LogP) is 2.89. The van der Waals surface area contributed by atoms with Gasteiger partial charge in [-0.2, -0.15) is 0 Å². The van der Waals surface area contributed by atoms with Gasteiger partial charge in [-0.25, -0.2) is 8.42 Å². The minimum Gasteiger partial charge on any atom is -0.482 e. The van der Waals surface area contributed by atoms with Crippen LogP contribution in [0.5, 0.6) is 5.75 Å². The molecule has 2 N–H and O–H groups in total. The fraction of sp³-hybridized carbons (Fsp3) is 0.133. The Morgan fingerprint density at radius 2 is 2.00 bits per heavy atom. The van der Waals surface area contributed by atoms with Crippen LogP contribution in [0.1, 0.15) is 5.56 Å². The van der Waals surface area contributed by atoms with E-state index in [0.717, 1.165) is 10.0 Å². The quantitative estimate of drug-likeness (QED) is 0.834. The number of amides is 1. The predicted molar refractivity (Wildman–Crippen MR) is 90.3 cm³/mol. The summed E-state index contributed by atoms with van der Waals surface area (Å²) in [4.78, 5) is 11.4. The van der Waals surface area contributed by atoms with Crippen molar-refractivity contribution in [2.75, 3.05) is 16.6 Å². The fourth-order valence-electron chi connectivity index (χ4n) is 2.10. The third kappa shape index (κ3) is 3.32. The SMILES string of the molecule is Cc1ccc(NS(=O)(=O)c2ccc3c(c2)NC(=O)CO3)cc1Br. The van der Waals surface area contributed by atoms with E-state index in [-0.39, 0.29) is 17.4 Å². The maximum absolute atomic E-state index is 12.5. The minimum absolute atomic E-state index is 0.0405. The van der Waals surface area contributed by atoms with Gasteiger partial charge in [-0.1, -0.05) is 22.0 Å². The highest BCUT2D eigenvalue weighted by Crippen LogP contribution is 2.31. The molecule has 8 heteroatoms. The Balaban J connectivity index is 1.92. The number of benzene rings is 2. The number of rotatable bonds is 3. The first kappa shape index (κ1) is 15.8. The second-order valence-electron chi connectivity index (χ2n) is 5.06. The number of fused-ring (bicyclic) bond motifs is 1. The molecule has 0 spiro atoms. The summed E-state index contributed by atoms with van der Waals surface area (Å²) in [5.74, 6) is 0.129. The molecule has 1 aliphatic heterocycles. The first-order valence-corrected chi connectivity index (χ1v) is 8.98. The number of hydrogen-bond donors (Lipinski definition) is 2. The Labute approximate surface area is 142 Å². The molecule has 0 fully saturated rings. The minimum atomic E-state index is -3.77. The molecule has 0 unspecified atom stereocenters. The van der Waals surface area contributed by atoms with Crippen molar-refractivity contribution in [1.82, 2.24) is 0 Å². The molecule has 3 rings (SSSR count). The van der Waals surface area contributed by atoms with Gasteiger partial charge < -0.3 is 10.1 Å². The van der Waals surface area contributed by atoms with Crippen LogP contribution in [0.4, 0.5) is 11.4 Å². The van der Waals surface area contributed by atoms with Crippen LogP contribution in [0.2, 0.25) is 0 Å². The summed E-state index contributed by atoms with van der Waals surface area (Å²) >= 11 is 3.37. The van der Waals surface area contributed by atoms with E-state index in [1.165, 1.54) is 18.2 Å². The summed E-state index contributed by atoms with van der Waals surface area (Å²) in [6, 6.07) is 9.51. The molecule has 1 amide bonds. The number of ether oxygens (including phenoxy) is 1. The van der Waals surface area contributed by atoms with Gasteiger partial charge in [0.15, 0.2) is 6.61 Å². The first-order valence-electron chi connectivity index (χ1n) is 6.71. The van der Waals surface area contributed by atoms with Crippen LogP contribution in [0.25, 0.3) is 0 Å². The molecule has 0 atom stereocenters. The number of carbonyl (C=O) groups is 1. The third-order valence-electron chi connectivity index (χ3n) is 3.32. The highest BCUT2D eigenvalue weighted by molar-refractivity contribution is 9.10. The van der Waals surface area contributed by atoms with E-state index in [2.05, 4.69) is 26.0 Å². The monoisotopic (exact) mass is 396 g/mol. The van der Waals surface area contributed by atoms with E-state index in [4.69, 9.17) is 4.74 Å². The molecule has 0 saturated heterocycles. The molecule has 6 nitrogen and oxygen atoms in total. The maximum atomic E-state index is 12.5. The lowest BCUT2D eigenvalue weighted by Crippen LogP contribution is -2.25. The highest BCUT2D eigenvalue weighted by Gasteiger charge is 2.21. The van der Waals surface area contributed by atoms with E-state index >= 15 is 0 Å². The lowest BCUT2D eigenvalue weighted by atomic mass is 10.2. The molecule has 23 heavy (non-hydrogen) atoms. The number of nitrogens with one attached hydrogen (secondary N) is 2. The third-order valence-corrected chi connectivity index (χ3v) is 5.55. The zero-order valence-corrected chi connectivity index (χ0v) is 14.5. The Bertz CT molecular complexity index is 896. The van der Waals surface area contributed by atoms with Crippen LogP contribution < -0.4 is 14.8 Å². The van der Waals surface area contributed by atoms with Crippen LogP contribution >= 0.6 is 15.9 Å². The number of sulfonamides is 1. The van der Waals surface area contributed by atoms with Gasteiger partial charge in [0.1, 0.15) is 5.75 Å². The lowest BCUT2D eigenvalue weighted by molar-refractivity contribution is -0.118. The Morgan fingerprint density at radius 3 is 2.74 bits per heavy atom. The number of anilines is 2. The van der Waals surface area contributed by atoms with Crippen molar-refractivity contribution in [2.24, 2.45) is 0 Å². The molecule has 0 aromatic heterocycles. The lowest BCUT2D eigenvalue weighted by Gasteiger charge is -2.18. The van der Waals surface area contributed by atoms with Gasteiger partial charge in [-0.15, -0.1) is 0 Å².